The molecule has 1 unspecified atom stereocenters. The van der Waals surface area contributed by atoms with Crippen LogP contribution >= 0.6 is 0 Å². The zero-order chi connectivity index (χ0) is 20.3. The van der Waals surface area contributed by atoms with E-state index >= 15 is 0 Å². The third-order valence-corrected chi connectivity index (χ3v) is 4.59. The van der Waals surface area contributed by atoms with Gasteiger partial charge in [-0.15, -0.1) is 0 Å². The summed E-state index contributed by atoms with van der Waals surface area (Å²) in [6.45, 7) is 0.296. The first-order chi connectivity index (χ1) is 13.4. The number of ether oxygens (including phenoxy) is 1. The van der Waals surface area contributed by atoms with Crippen LogP contribution < -0.4 is 5.32 Å². The summed E-state index contributed by atoms with van der Waals surface area (Å²) in [7, 11) is 1.67. The fraction of sp³-hybridized carbons (Fsp3) is 0.421. The smallest absolute Gasteiger partial charge is 0.333 e. The average Bonchev–Trinajstić information content (AvgIpc) is 3.17. The predicted octanol–water partition coefficient (Wildman–Crippen LogP) is 2.24. The fourth-order valence-corrected chi connectivity index (χ4v) is 3.24. The lowest BCUT2D eigenvalue weighted by atomic mass is 9.96. The van der Waals surface area contributed by atoms with E-state index in [0.717, 1.165) is 23.5 Å². The summed E-state index contributed by atoms with van der Waals surface area (Å²) in [5.74, 6) is -0.653. The highest BCUT2D eigenvalue weighted by molar-refractivity contribution is 5.96. The molecule has 1 aliphatic rings. The van der Waals surface area contributed by atoms with Gasteiger partial charge in [-0.05, 0) is 30.5 Å². The van der Waals surface area contributed by atoms with Gasteiger partial charge in [-0.1, -0.05) is 12.1 Å². The molecule has 0 fully saturated rings. The van der Waals surface area contributed by atoms with Crippen LogP contribution in [0.15, 0.2) is 30.6 Å². The van der Waals surface area contributed by atoms with Crippen molar-refractivity contribution in [2.75, 3.05) is 20.2 Å². The Hall–Kier alpha value is -2.81. The van der Waals surface area contributed by atoms with Crippen LogP contribution in [0.5, 0.6) is 0 Å². The number of hydrogen-bond donors (Lipinski definition) is 1. The highest BCUT2D eigenvalue weighted by Crippen LogP contribution is 2.22. The first kappa shape index (κ1) is 19.9. The molecule has 2 amide bonds. The molecule has 7 nitrogen and oxygen atoms in total. The van der Waals surface area contributed by atoms with Gasteiger partial charge in [-0.25, -0.2) is 4.68 Å². The number of halogens is 2. The van der Waals surface area contributed by atoms with E-state index in [2.05, 4.69) is 10.4 Å². The Labute approximate surface area is 161 Å². The minimum atomic E-state index is -2.80. The van der Waals surface area contributed by atoms with Crippen molar-refractivity contribution >= 4 is 11.8 Å². The molecule has 1 atom stereocenters. The summed E-state index contributed by atoms with van der Waals surface area (Å²) in [5.41, 5.74) is 2.70. The number of nitrogens with one attached hydrogen (secondary N) is 1. The van der Waals surface area contributed by atoms with Crippen molar-refractivity contribution in [1.29, 1.82) is 0 Å². The molecule has 1 aromatic heterocycles. The van der Waals surface area contributed by atoms with Gasteiger partial charge in [-0.3, -0.25) is 9.59 Å². The zero-order valence-electron chi connectivity index (χ0n) is 15.7. The summed E-state index contributed by atoms with van der Waals surface area (Å²) >= 11 is 0. The van der Waals surface area contributed by atoms with Crippen LogP contribution in [0.2, 0.25) is 0 Å². The van der Waals surface area contributed by atoms with Gasteiger partial charge in [0.25, 0.3) is 11.8 Å². The molecule has 0 bridgehead atoms. The Bertz CT molecular complexity index is 869. The molecule has 2 heterocycles. The molecule has 3 rings (SSSR count). The Kier molecular flexibility index (Phi) is 6.03. The largest absolute Gasteiger partial charge is 0.376 e. The van der Waals surface area contributed by atoms with Gasteiger partial charge < -0.3 is 15.0 Å². The summed E-state index contributed by atoms with van der Waals surface area (Å²) in [6.07, 6.45) is 2.76. The number of aromatic nitrogens is 2. The zero-order valence-corrected chi connectivity index (χ0v) is 15.7. The molecule has 0 radical (unpaired) electrons. The van der Waals surface area contributed by atoms with E-state index in [1.807, 2.05) is 12.1 Å². The number of carbonyl (C=O) groups excluding carboxylic acids is 2. The van der Waals surface area contributed by atoms with Crippen LogP contribution in [0.4, 0.5) is 8.78 Å². The van der Waals surface area contributed by atoms with Gasteiger partial charge in [0.1, 0.15) is 0 Å². The lowest BCUT2D eigenvalue weighted by Crippen LogP contribution is -2.43. The van der Waals surface area contributed by atoms with Gasteiger partial charge >= 0.3 is 6.55 Å². The number of amides is 2. The monoisotopic (exact) mass is 392 g/mol. The molecule has 0 saturated carbocycles. The van der Waals surface area contributed by atoms with Crippen molar-refractivity contribution in [3.8, 4) is 0 Å². The van der Waals surface area contributed by atoms with Gasteiger partial charge in [0.05, 0.1) is 25.0 Å². The van der Waals surface area contributed by atoms with E-state index in [4.69, 9.17) is 4.74 Å². The minimum absolute atomic E-state index is 0.0401. The van der Waals surface area contributed by atoms with Crippen LogP contribution in [-0.2, 0) is 17.8 Å². The molecule has 150 valence electrons. The molecule has 1 aliphatic heterocycles. The molecular weight excluding hydrogens is 370 g/mol. The number of alkyl halides is 2. The number of fused-ring (bicyclic) bond motifs is 1. The lowest BCUT2D eigenvalue weighted by molar-refractivity contribution is 0.0565. The Morgan fingerprint density at radius 1 is 1.39 bits per heavy atom. The fourth-order valence-electron chi connectivity index (χ4n) is 3.24. The standard InChI is InChI=1S/C19H22F2N4O3/c1-12(23-17(26)14-8-22-25(10-14)19(20)21)9-24(2)18(27)16-5-3-4-13-11-28-7-6-15(13)16/h3-5,8,10,12,19H,6-7,9,11H2,1-2H3,(H,23,26). The van der Waals surface area contributed by atoms with Crippen LogP contribution in [0.25, 0.3) is 0 Å². The molecular formula is C19H22F2N4O3. The van der Waals surface area contributed by atoms with E-state index in [9.17, 15) is 18.4 Å². The molecule has 9 heteroatoms. The summed E-state index contributed by atoms with van der Waals surface area (Å²) in [6, 6.07) is 5.21. The normalized spacial score (nSPS) is 14.5. The number of likely N-dealkylation sites (N-methyl/N-ethyl adjacent to an activating group) is 1. The van der Waals surface area contributed by atoms with Crippen LogP contribution in [0.1, 0.15) is 45.3 Å². The second-order valence-corrected chi connectivity index (χ2v) is 6.79. The molecule has 2 aromatic rings. The Balaban J connectivity index is 1.61. The van der Waals surface area contributed by atoms with Crippen molar-refractivity contribution < 1.29 is 23.1 Å². The lowest BCUT2D eigenvalue weighted by Gasteiger charge is -2.25. The maximum Gasteiger partial charge on any atom is 0.333 e. The summed E-state index contributed by atoms with van der Waals surface area (Å²) in [5, 5.41) is 6.14. The highest BCUT2D eigenvalue weighted by Gasteiger charge is 2.22. The van der Waals surface area contributed by atoms with Crippen molar-refractivity contribution in [2.24, 2.45) is 0 Å². The van der Waals surface area contributed by atoms with Crippen LogP contribution in [0.3, 0.4) is 0 Å². The average molecular weight is 392 g/mol. The van der Waals surface area contributed by atoms with Gasteiger partial charge in [0.15, 0.2) is 0 Å². The number of nitrogens with zero attached hydrogens (tertiary/aromatic N) is 3. The number of rotatable bonds is 6. The number of hydrogen-bond acceptors (Lipinski definition) is 4. The first-order valence-electron chi connectivity index (χ1n) is 8.94. The van der Waals surface area contributed by atoms with Crippen molar-refractivity contribution in [3.63, 3.8) is 0 Å². The van der Waals surface area contributed by atoms with E-state index < -0.39 is 12.5 Å². The predicted molar refractivity (Wildman–Crippen MR) is 97.2 cm³/mol. The molecule has 1 aromatic carbocycles. The second kappa shape index (κ2) is 8.47. The number of benzene rings is 1. The van der Waals surface area contributed by atoms with E-state index in [1.165, 1.54) is 0 Å². The number of carbonyl (C=O) groups is 2. The third-order valence-electron chi connectivity index (χ3n) is 4.59. The molecule has 0 spiro atoms. The topological polar surface area (TPSA) is 76.5 Å². The van der Waals surface area contributed by atoms with Crippen LogP contribution in [0, 0.1) is 0 Å². The quantitative estimate of drug-likeness (QED) is 0.818. The highest BCUT2D eigenvalue weighted by atomic mass is 19.3. The Morgan fingerprint density at radius 2 is 2.18 bits per heavy atom. The molecule has 28 heavy (non-hydrogen) atoms. The molecule has 0 saturated heterocycles. The minimum Gasteiger partial charge on any atom is -0.376 e. The van der Waals surface area contributed by atoms with E-state index in [1.54, 1.807) is 24.9 Å². The van der Waals surface area contributed by atoms with Gasteiger partial charge in [0, 0.05) is 31.4 Å². The van der Waals surface area contributed by atoms with Crippen molar-refractivity contribution in [1.82, 2.24) is 20.0 Å². The van der Waals surface area contributed by atoms with Gasteiger partial charge in [-0.2, -0.15) is 13.9 Å². The maximum atomic E-state index is 12.9. The Morgan fingerprint density at radius 3 is 2.89 bits per heavy atom. The van der Waals surface area contributed by atoms with Gasteiger partial charge in [0.2, 0.25) is 0 Å². The van der Waals surface area contributed by atoms with E-state index in [0.29, 0.717) is 29.9 Å². The third kappa shape index (κ3) is 4.36. The molecule has 1 N–H and O–H groups in total. The second-order valence-electron chi connectivity index (χ2n) is 6.79. The SMILES string of the molecule is CC(CN(C)C(=O)c1cccc2c1CCOC2)NC(=O)c1cnn(C(F)F)c1. The van der Waals surface area contributed by atoms with E-state index in [-0.39, 0.29) is 24.1 Å². The summed E-state index contributed by atoms with van der Waals surface area (Å²) in [4.78, 5) is 26.6. The molecule has 0 aliphatic carbocycles. The van der Waals surface area contributed by atoms with Crippen molar-refractivity contribution in [2.45, 2.75) is 32.5 Å². The maximum absolute atomic E-state index is 12.9. The summed E-state index contributed by atoms with van der Waals surface area (Å²) < 4.78 is 31.0. The van der Waals surface area contributed by atoms with Crippen LogP contribution in [-0.4, -0.2) is 52.7 Å². The van der Waals surface area contributed by atoms with Crippen molar-refractivity contribution in [3.05, 3.63) is 52.8 Å². The first-order valence-corrected chi connectivity index (χ1v) is 8.94.